The summed E-state index contributed by atoms with van der Waals surface area (Å²) in [5.41, 5.74) is 2.29. The molecule has 0 aliphatic rings. The molecule has 0 aliphatic carbocycles. The molecule has 28 heavy (non-hydrogen) atoms. The number of oxazole rings is 1. The fourth-order valence-electron chi connectivity index (χ4n) is 2.38. The molecule has 0 spiro atoms. The van der Waals surface area contributed by atoms with Crippen LogP contribution >= 0.6 is 11.8 Å². The molecular weight excluding hydrogens is 380 g/mol. The summed E-state index contributed by atoms with van der Waals surface area (Å²) in [6.45, 7) is 2.92. The Morgan fingerprint density at radius 1 is 1.18 bits per heavy atom. The van der Waals surface area contributed by atoms with Gasteiger partial charge in [0.2, 0.25) is 0 Å². The first kappa shape index (κ1) is 19.6. The summed E-state index contributed by atoms with van der Waals surface area (Å²) in [6.07, 6.45) is -0.988. The normalized spacial score (nSPS) is 11.8. The van der Waals surface area contributed by atoms with E-state index in [4.69, 9.17) is 9.15 Å². The van der Waals surface area contributed by atoms with Gasteiger partial charge in [-0.1, -0.05) is 36.0 Å². The average Bonchev–Trinajstić information content (AvgIpc) is 3.09. The molecule has 0 unspecified atom stereocenters. The molecule has 0 saturated heterocycles. The van der Waals surface area contributed by atoms with Crippen LogP contribution < -0.4 is 5.32 Å². The van der Waals surface area contributed by atoms with E-state index >= 15 is 0 Å². The highest BCUT2D eigenvalue weighted by molar-refractivity contribution is 7.99. The van der Waals surface area contributed by atoms with Crippen molar-refractivity contribution in [3.8, 4) is 0 Å². The van der Waals surface area contributed by atoms with Crippen LogP contribution in [-0.2, 0) is 14.3 Å². The molecule has 0 fully saturated rings. The predicted molar refractivity (Wildman–Crippen MR) is 105 cm³/mol. The van der Waals surface area contributed by atoms with Crippen molar-refractivity contribution in [2.24, 2.45) is 0 Å². The molecule has 0 radical (unpaired) electrons. The molecule has 0 bridgehead atoms. The van der Waals surface area contributed by atoms with E-state index < -0.39 is 18.0 Å². The monoisotopic (exact) mass is 398 g/mol. The Balaban J connectivity index is 1.51. The van der Waals surface area contributed by atoms with Gasteiger partial charge in [0.15, 0.2) is 17.5 Å². The highest BCUT2D eigenvalue weighted by atomic mass is 32.2. The number of carbonyl (C=O) groups is 3. The molecule has 0 aliphatic heterocycles. The minimum atomic E-state index is -0.988. The smallest absolute Gasteiger partial charge is 0.317 e. The van der Waals surface area contributed by atoms with Crippen molar-refractivity contribution >= 4 is 46.2 Å². The van der Waals surface area contributed by atoms with Crippen molar-refractivity contribution in [3.05, 3.63) is 54.1 Å². The summed E-state index contributed by atoms with van der Waals surface area (Å²) in [7, 11) is 0. The highest BCUT2D eigenvalue weighted by Crippen LogP contribution is 2.23. The van der Waals surface area contributed by atoms with Crippen LogP contribution in [0.2, 0.25) is 0 Å². The Morgan fingerprint density at radius 3 is 2.71 bits per heavy atom. The number of amides is 1. The van der Waals surface area contributed by atoms with Gasteiger partial charge < -0.3 is 14.5 Å². The van der Waals surface area contributed by atoms with Gasteiger partial charge in [-0.3, -0.25) is 14.4 Å². The van der Waals surface area contributed by atoms with Crippen molar-refractivity contribution in [1.29, 1.82) is 0 Å². The number of aromatic nitrogens is 1. The topological polar surface area (TPSA) is 98.5 Å². The summed E-state index contributed by atoms with van der Waals surface area (Å²) < 4.78 is 10.7. The standard InChI is InChI=1S/C20H18N2O5S/c1-12(23)14-6-5-7-15(10-14)21-19(25)13(2)26-18(24)11-28-20-22-16-8-3-4-9-17(16)27-20/h3-10,13H,11H2,1-2H3,(H,21,25)/t13-/m1/s1. The van der Waals surface area contributed by atoms with Gasteiger partial charge in [-0.25, -0.2) is 4.98 Å². The van der Waals surface area contributed by atoms with Crippen LogP contribution in [0.25, 0.3) is 11.1 Å². The number of benzene rings is 2. The minimum Gasteiger partial charge on any atom is -0.452 e. The Hall–Kier alpha value is -3.13. The van der Waals surface area contributed by atoms with Crippen molar-refractivity contribution in [2.75, 3.05) is 11.1 Å². The number of fused-ring (bicyclic) bond motifs is 1. The van der Waals surface area contributed by atoms with E-state index in [1.165, 1.54) is 13.8 Å². The summed E-state index contributed by atoms with van der Waals surface area (Å²) in [4.78, 5) is 39.9. The van der Waals surface area contributed by atoms with E-state index in [0.717, 1.165) is 11.8 Å². The fourth-order valence-corrected chi connectivity index (χ4v) is 3.00. The van der Waals surface area contributed by atoms with E-state index in [0.29, 0.717) is 27.6 Å². The van der Waals surface area contributed by atoms with Crippen LogP contribution in [0.1, 0.15) is 24.2 Å². The third kappa shape index (κ3) is 4.98. The Bertz CT molecular complexity index is 997. The lowest BCUT2D eigenvalue weighted by molar-refractivity contribution is -0.150. The first-order chi connectivity index (χ1) is 13.4. The van der Waals surface area contributed by atoms with E-state index in [1.54, 1.807) is 30.3 Å². The zero-order chi connectivity index (χ0) is 20.1. The number of thioether (sulfide) groups is 1. The number of anilines is 1. The van der Waals surface area contributed by atoms with Crippen LogP contribution in [-0.4, -0.2) is 34.5 Å². The lowest BCUT2D eigenvalue weighted by atomic mass is 10.1. The Morgan fingerprint density at radius 2 is 1.96 bits per heavy atom. The summed E-state index contributed by atoms with van der Waals surface area (Å²) in [5.74, 6) is -1.19. The van der Waals surface area contributed by atoms with Gasteiger partial charge in [0.05, 0.1) is 0 Å². The molecule has 1 N–H and O–H groups in total. The number of para-hydroxylation sites is 2. The zero-order valence-corrected chi connectivity index (χ0v) is 16.1. The Kier molecular flexibility index (Phi) is 6.10. The molecule has 3 rings (SSSR count). The van der Waals surface area contributed by atoms with Crippen molar-refractivity contribution in [3.63, 3.8) is 0 Å². The van der Waals surface area contributed by atoms with Gasteiger partial charge in [0.25, 0.3) is 11.1 Å². The number of carbonyl (C=O) groups excluding carboxylic acids is 3. The largest absolute Gasteiger partial charge is 0.452 e. The maximum Gasteiger partial charge on any atom is 0.317 e. The summed E-state index contributed by atoms with van der Waals surface area (Å²) in [5, 5.41) is 2.99. The van der Waals surface area contributed by atoms with Crippen molar-refractivity contribution < 1.29 is 23.5 Å². The second kappa shape index (κ2) is 8.71. The molecule has 1 amide bonds. The molecule has 1 aromatic heterocycles. The number of nitrogens with one attached hydrogen (secondary N) is 1. The molecule has 8 heteroatoms. The van der Waals surface area contributed by atoms with E-state index in [9.17, 15) is 14.4 Å². The van der Waals surface area contributed by atoms with Gasteiger partial charge in [-0.15, -0.1) is 0 Å². The van der Waals surface area contributed by atoms with Gasteiger partial charge >= 0.3 is 5.97 Å². The minimum absolute atomic E-state index is 0.0374. The fraction of sp³-hybridized carbons (Fsp3) is 0.200. The van der Waals surface area contributed by atoms with Gasteiger partial charge in [0.1, 0.15) is 11.3 Å². The van der Waals surface area contributed by atoms with Crippen LogP contribution in [0.15, 0.2) is 58.2 Å². The second-order valence-corrected chi connectivity index (χ2v) is 6.92. The van der Waals surface area contributed by atoms with Crippen molar-refractivity contribution in [2.45, 2.75) is 25.2 Å². The van der Waals surface area contributed by atoms with Gasteiger partial charge in [0, 0.05) is 11.3 Å². The molecule has 3 aromatic rings. The third-order valence-electron chi connectivity index (χ3n) is 3.80. The van der Waals surface area contributed by atoms with Crippen LogP contribution in [0, 0.1) is 0 Å². The van der Waals surface area contributed by atoms with Crippen molar-refractivity contribution in [1.82, 2.24) is 4.98 Å². The maximum atomic E-state index is 12.2. The number of esters is 1. The summed E-state index contributed by atoms with van der Waals surface area (Å²) in [6, 6.07) is 13.8. The molecule has 7 nitrogen and oxygen atoms in total. The molecule has 144 valence electrons. The van der Waals surface area contributed by atoms with Gasteiger partial charge in [-0.2, -0.15) is 0 Å². The molecule has 1 atom stereocenters. The van der Waals surface area contributed by atoms with Crippen LogP contribution in [0.5, 0.6) is 0 Å². The summed E-state index contributed by atoms with van der Waals surface area (Å²) >= 11 is 1.10. The Labute approximate surface area is 165 Å². The number of hydrogen-bond donors (Lipinski definition) is 1. The number of ether oxygens (including phenoxy) is 1. The lowest BCUT2D eigenvalue weighted by Gasteiger charge is -2.13. The molecule has 2 aromatic carbocycles. The molecular formula is C20H18N2O5S. The number of Topliss-reactive ketones (excluding diaryl/α,β-unsaturated/α-hetero) is 1. The highest BCUT2D eigenvalue weighted by Gasteiger charge is 2.19. The number of nitrogens with zero attached hydrogens (tertiary/aromatic N) is 1. The molecule has 0 saturated carbocycles. The van der Waals surface area contributed by atoms with E-state index in [1.807, 2.05) is 18.2 Å². The zero-order valence-electron chi connectivity index (χ0n) is 15.3. The number of hydrogen-bond acceptors (Lipinski definition) is 7. The van der Waals surface area contributed by atoms with Crippen LogP contribution in [0.3, 0.4) is 0 Å². The molecule has 1 heterocycles. The first-order valence-corrected chi connectivity index (χ1v) is 9.50. The number of rotatable bonds is 7. The SMILES string of the molecule is CC(=O)c1cccc(NC(=O)[C@@H](C)OC(=O)CSc2nc3ccccc3o2)c1. The van der Waals surface area contributed by atoms with E-state index in [2.05, 4.69) is 10.3 Å². The number of ketones is 1. The maximum absolute atomic E-state index is 12.2. The second-order valence-electron chi connectivity index (χ2n) is 5.99. The van der Waals surface area contributed by atoms with E-state index in [-0.39, 0.29) is 11.5 Å². The third-order valence-corrected chi connectivity index (χ3v) is 4.60. The van der Waals surface area contributed by atoms with Gasteiger partial charge in [-0.05, 0) is 38.1 Å². The van der Waals surface area contributed by atoms with Crippen LogP contribution in [0.4, 0.5) is 5.69 Å². The predicted octanol–water partition coefficient (Wildman–Crippen LogP) is 3.69. The average molecular weight is 398 g/mol. The quantitative estimate of drug-likeness (QED) is 0.368. The lowest BCUT2D eigenvalue weighted by Crippen LogP contribution is -2.30. The first-order valence-electron chi connectivity index (χ1n) is 8.52.